The zero-order valence-electron chi connectivity index (χ0n) is 12.7. The fourth-order valence-corrected chi connectivity index (χ4v) is 2.60. The van der Waals surface area contributed by atoms with Gasteiger partial charge in [-0.3, -0.25) is 9.59 Å². The van der Waals surface area contributed by atoms with Crippen LogP contribution in [0.15, 0.2) is 48.5 Å². The fraction of sp³-hybridized carbons (Fsp3) is 0.222. The SMILES string of the molecule is CC(C)(CN)c1ccc(N2C(=O)c3ccccc3C2=O)cc1. The molecule has 112 valence electrons. The first kappa shape index (κ1) is 14.5. The first-order valence-corrected chi connectivity index (χ1v) is 7.24. The molecule has 22 heavy (non-hydrogen) atoms. The number of benzene rings is 2. The van der Waals surface area contributed by atoms with Crippen molar-refractivity contribution in [1.82, 2.24) is 0 Å². The van der Waals surface area contributed by atoms with Gasteiger partial charge in [0.1, 0.15) is 0 Å². The van der Waals surface area contributed by atoms with Crippen LogP contribution in [-0.4, -0.2) is 18.4 Å². The van der Waals surface area contributed by atoms with Crippen molar-refractivity contribution in [2.45, 2.75) is 19.3 Å². The van der Waals surface area contributed by atoms with Crippen LogP contribution >= 0.6 is 0 Å². The summed E-state index contributed by atoms with van der Waals surface area (Å²) >= 11 is 0. The lowest BCUT2D eigenvalue weighted by molar-refractivity contribution is 0.0926. The van der Waals surface area contributed by atoms with Gasteiger partial charge in [0.2, 0.25) is 0 Å². The lowest BCUT2D eigenvalue weighted by Crippen LogP contribution is -2.30. The number of fused-ring (bicyclic) bond motifs is 1. The van der Waals surface area contributed by atoms with E-state index in [2.05, 4.69) is 13.8 Å². The molecule has 4 nitrogen and oxygen atoms in total. The van der Waals surface area contributed by atoms with E-state index in [9.17, 15) is 9.59 Å². The smallest absolute Gasteiger partial charge is 0.266 e. The fourth-order valence-electron chi connectivity index (χ4n) is 2.60. The zero-order valence-corrected chi connectivity index (χ0v) is 12.7. The van der Waals surface area contributed by atoms with E-state index in [-0.39, 0.29) is 17.2 Å². The summed E-state index contributed by atoms with van der Waals surface area (Å²) in [5, 5.41) is 0. The summed E-state index contributed by atoms with van der Waals surface area (Å²) in [4.78, 5) is 26.1. The van der Waals surface area contributed by atoms with Gasteiger partial charge in [-0.05, 0) is 29.8 Å². The van der Waals surface area contributed by atoms with Crippen molar-refractivity contribution in [1.29, 1.82) is 0 Å². The quantitative estimate of drug-likeness (QED) is 0.885. The highest BCUT2D eigenvalue weighted by atomic mass is 16.2. The molecule has 0 saturated carbocycles. The molecule has 2 aromatic carbocycles. The topological polar surface area (TPSA) is 63.4 Å². The highest BCUT2D eigenvalue weighted by Gasteiger charge is 2.36. The molecule has 0 spiro atoms. The summed E-state index contributed by atoms with van der Waals surface area (Å²) in [7, 11) is 0. The summed E-state index contributed by atoms with van der Waals surface area (Å²) in [6, 6.07) is 14.3. The highest BCUT2D eigenvalue weighted by Crippen LogP contribution is 2.30. The summed E-state index contributed by atoms with van der Waals surface area (Å²) in [5.74, 6) is -0.544. The summed E-state index contributed by atoms with van der Waals surface area (Å²) in [6.45, 7) is 4.65. The van der Waals surface area contributed by atoms with Crippen molar-refractivity contribution < 1.29 is 9.59 Å². The number of anilines is 1. The molecular formula is C18H18N2O2. The van der Waals surface area contributed by atoms with Gasteiger partial charge in [0.05, 0.1) is 16.8 Å². The second kappa shape index (κ2) is 5.07. The number of nitrogens with zero attached hydrogens (tertiary/aromatic N) is 1. The number of amides is 2. The molecule has 0 aliphatic carbocycles. The van der Waals surface area contributed by atoms with Crippen molar-refractivity contribution in [3.05, 3.63) is 65.2 Å². The Morgan fingerprint density at radius 2 is 1.41 bits per heavy atom. The average molecular weight is 294 g/mol. The minimum Gasteiger partial charge on any atom is -0.330 e. The van der Waals surface area contributed by atoms with Gasteiger partial charge in [-0.25, -0.2) is 4.90 Å². The summed E-state index contributed by atoms with van der Waals surface area (Å²) in [6.07, 6.45) is 0. The van der Waals surface area contributed by atoms with Gasteiger partial charge in [-0.2, -0.15) is 0 Å². The Morgan fingerprint density at radius 3 is 1.86 bits per heavy atom. The number of hydrogen-bond acceptors (Lipinski definition) is 3. The number of hydrogen-bond donors (Lipinski definition) is 1. The third-order valence-electron chi connectivity index (χ3n) is 4.21. The predicted molar refractivity (Wildman–Crippen MR) is 86.1 cm³/mol. The monoisotopic (exact) mass is 294 g/mol. The molecule has 0 unspecified atom stereocenters. The van der Waals surface area contributed by atoms with Gasteiger partial charge in [-0.1, -0.05) is 38.1 Å². The second-order valence-electron chi connectivity index (χ2n) is 6.13. The minimum atomic E-state index is -0.272. The van der Waals surface area contributed by atoms with E-state index in [0.29, 0.717) is 23.4 Å². The Morgan fingerprint density at radius 1 is 0.909 bits per heavy atom. The molecule has 4 heteroatoms. The maximum absolute atomic E-state index is 12.4. The Bertz CT molecular complexity index is 713. The molecule has 0 fully saturated rings. The van der Waals surface area contributed by atoms with Crippen molar-refractivity contribution in [2.24, 2.45) is 5.73 Å². The molecule has 0 atom stereocenters. The van der Waals surface area contributed by atoms with E-state index in [0.717, 1.165) is 5.56 Å². The first-order chi connectivity index (χ1) is 10.5. The maximum Gasteiger partial charge on any atom is 0.266 e. The lowest BCUT2D eigenvalue weighted by atomic mass is 9.85. The minimum absolute atomic E-state index is 0.138. The van der Waals surface area contributed by atoms with E-state index in [1.54, 1.807) is 36.4 Å². The zero-order chi connectivity index (χ0) is 15.9. The molecule has 2 aromatic rings. The van der Waals surface area contributed by atoms with Crippen molar-refractivity contribution >= 4 is 17.5 Å². The van der Waals surface area contributed by atoms with Crippen LogP contribution in [-0.2, 0) is 5.41 Å². The Hall–Kier alpha value is -2.46. The molecule has 1 aliphatic rings. The molecule has 3 rings (SSSR count). The molecule has 0 saturated heterocycles. The van der Waals surface area contributed by atoms with Crippen LogP contribution in [0.5, 0.6) is 0 Å². The van der Waals surface area contributed by atoms with Crippen LogP contribution in [0.3, 0.4) is 0 Å². The van der Waals surface area contributed by atoms with Crippen LogP contribution in [0.1, 0.15) is 40.1 Å². The first-order valence-electron chi connectivity index (χ1n) is 7.24. The van der Waals surface area contributed by atoms with Crippen LogP contribution in [0.4, 0.5) is 5.69 Å². The van der Waals surface area contributed by atoms with E-state index < -0.39 is 0 Å². The van der Waals surface area contributed by atoms with Crippen molar-refractivity contribution in [2.75, 3.05) is 11.4 Å². The van der Waals surface area contributed by atoms with Gasteiger partial charge in [0.15, 0.2) is 0 Å². The highest BCUT2D eigenvalue weighted by molar-refractivity contribution is 6.34. The Balaban J connectivity index is 1.97. The Kier molecular flexibility index (Phi) is 3.34. The molecule has 0 bridgehead atoms. The van der Waals surface area contributed by atoms with Gasteiger partial charge in [-0.15, -0.1) is 0 Å². The normalized spacial score (nSPS) is 14.4. The standard InChI is InChI=1S/C18H18N2O2/c1-18(2,11-19)12-7-9-13(10-8-12)20-16(21)14-5-3-4-6-15(14)17(20)22/h3-10H,11,19H2,1-2H3. The average Bonchev–Trinajstić information content (AvgIpc) is 2.79. The van der Waals surface area contributed by atoms with E-state index in [4.69, 9.17) is 5.73 Å². The number of rotatable bonds is 3. The van der Waals surface area contributed by atoms with Crippen LogP contribution < -0.4 is 10.6 Å². The van der Waals surface area contributed by atoms with Gasteiger partial charge in [0.25, 0.3) is 11.8 Å². The van der Waals surface area contributed by atoms with E-state index in [1.165, 1.54) is 4.90 Å². The number of imide groups is 1. The third-order valence-corrected chi connectivity index (χ3v) is 4.21. The Labute approximate surface area is 129 Å². The molecular weight excluding hydrogens is 276 g/mol. The molecule has 1 aliphatic heterocycles. The van der Waals surface area contributed by atoms with Gasteiger partial charge < -0.3 is 5.73 Å². The lowest BCUT2D eigenvalue weighted by Gasteiger charge is -2.24. The van der Waals surface area contributed by atoms with Gasteiger partial charge >= 0.3 is 0 Å². The predicted octanol–water partition coefficient (Wildman–Crippen LogP) is 2.72. The summed E-state index contributed by atoms with van der Waals surface area (Å²) < 4.78 is 0. The van der Waals surface area contributed by atoms with E-state index >= 15 is 0 Å². The molecule has 1 heterocycles. The molecule has 0 aromatic heterocycles. The maximum atomic E-state index is 12.4. The van der Waals surface area contributed by atoms with E-state index in [1.807, 2.05) is 12.1 Å². The molecule has 0 radical (unpaired) electrons. The number of carbonyl (C=O) groups excluding carboxylic acids is 2. The van der Waals surface area contributed by atoms with Gasteiger partial charge in [0, 0.05) is 12.0 Å². The largest absolute Gasteiger partial charge is 0.330 e. The summed E-state index contributed by atoms with van der Waals surface area (Å²) in [5.41, 5.74) is 8.22. The molecule has 2 amide bonds. The molecule has 2 N–H and O–H groups in total. The second-order valence-corrected chi connectivity index (χ2v) is 6.13. The third kappa shape index (κ3) is 2.12. The van der Waals surface area contributed by atoms with Crippen molar-refractivity contribution in [3.8, 4) is 0 Å². The number of nitrogens with two attached hydrogens (primary N) is 1. The van der Waals surface area contributed by atoms with Crippen LogP contribution in [0.25, 0.3) is 0 Å². The van der Waals surface area contributed by atoms with Crippen molar-refractivity contribution in [3.63, 3.8) is 0 Å². The van der Waals surface area contributed by atoms with Crippen LogP contribution in [0.2, 0.25) is 0 Å². The number of carbonyl (C=O) groups is 2. The van der Waals surface area contributed by atoms with Crippen LogP contribution in [0, 0.1) is 0 Å².